The normalized spacial score (nSPS) is 16.2. The molecule has 0 saturated carbocycles. The van der Waals surface area contributed by atoms with Gasteiger partial charge in [0, 0.05) is 10.3 Å². The zero-order valence-corrected chi connectivity index (χ0v) is 9.69. The lowest BCUT2D eigenvalue weighted by Gasteiger charge is -2.20. The summed E-state index contributed by atoms with van der Waals surface area (Å²) in [6.45, 7) is 6.29. The molecule has 1 N–H and O–H groups in total. The molecule has 0 spiro atoms. The lowest BCUT2D eigenvalue weighted by molar-refractivity contribution is 0.0953. The minimum atomic E-state index is -0.377. The SMILES string of the molecule is CC(C)C(C)C(O)c1cc(Cl)cs1. The highest BCUT2D eigenvalue weighted by atomic mass is 35.5. The number of hydrogen-bond donors (Lipinski definition) is 1. The molecule has 13 heavy (non-hydrogen) atoms. The Labute approximate surface area is 88.4 Å². The highest BCUT2D eigenvalue weighted by Crippen LogP contribution is 2.32. The van der Waals surface area contributed by atoms with Gasteiger partial charge in [-0.15, -0.1) is 11.3 Å². The van der Waals surface area contributed by atoms with E-state index in [1.807, 2.05) is 11.4 Å². The first-order valence-electron chi connectivity index (χ1n) is 4.44. The summed E-state index contributed by atoms with van der Waals surface area (Å²) in [5, 5.41) is 12.5. The first-order valence-corrected chi connectivity index (χ1v) is 5.70. The van der Waals surface area contributed by atoms with Gasteiger partial charge in [0.2, 0.25) is 0 Å². The molecule has 3 heteroatoms. The predicted octanol–water partition coefficient (Wildman–Crippen LogP) is 3.73. The van der Waals surface area contributed by atoms with Gasteiger partial charge in [0.1, 0.15) is 0 Å². The lowest BCUT2D eigenvalue weighted by Crippen LogP contribution is -2.13. The third kappa shape index (κ3) is 2.70. The van der Waals surface area contributed by atoms with Gasteiger partial charge in [-0.2, -0.15) is 0 Å². The van der Waals surface area contributed by atoms with Crippen LogP contribution in [0.15, 0.2) is 11.4 Å². The fraction of sp³-hybridized carbons (Fsp3) is 0.600. The third-order valence-electron chi connectivity index (χ3n) is 2.43. The second-order valence-corrected chi connectivity index (χ2v) is 5.09. The summed E-state index contributed by atoms with van der Waals surface area (Å²) in [5.41, 5.74) is 0. The molecule has 1 heterocycles. The molecule has 2 atom stereocenters. The van der Waals surface area contributed by atoms with Gasteiger partial charge in [0.15, 0.2) is 0 Å². The standard InChI is InChI=1S/C10H15ClOS/c1-6(2)7(3)10(12)9-4-8(11)5-13-9/h4-7,10,12H,1-3H3. The molecule has 0 aliphatic rings. The van der Waals surface area contributed by atoms with Crippen molar-refractivity contribution in [2.75, 3.05) is 0 Å². The molecule has 0 amide bonds. The van der Waals surface area contributed by atoms with Gasteiger partial charge in [-0.05, 0) is 17.9 Å². The number of aliphatic hydroxyl groups excluding tert-OH is 1. The van der Waals surface area contributed by atoms with Crippen molar-refractivity contribution in [2.24, 2.45) is 11.8 Å². The highest BCUT2D eigenvalue weighted by molar-refractivity contribution is 7.10. The zero-order valence-electron chi connectivity index (χ0n) is 8.12. The summed E-state index contributed by atoms with van der Waals surface area (Å²) >= 11 is 7.31. The summed E-state index contributed by atoms with van der Waals surface area (Å²) < 4.78 is 0. The molecule has 1 aromatic heterocycles. The van der Waals surface area contributed by atoms with Crippen LogP contribution < -0.4 is 0 Å². The second-order valence-electron chi connectivity index (χ2n) is 3.72. The molecule has 0 aliphatic heterocycles. The van der Waals surface area contributed by atoms with E-state index in [9.17, 15) is 5.11 Å². The summed E-state index contributed by atoms with van der Waals surface area (Å²) in [4.78, 5) is 0.964. The molecule has 0 aliphatic carbocycles. The smallest absolute Gasteiger partial charge is 0.0910 e. The highest BCUT2D eigenvalue weighted by Gasteiger charge is 2.20. The van der Waals surface area contributed by atoms with E-state index < -0.39 is 0 Å². The van der Waals surface area contributed by atoms with Crippen LogP contribution in [0, 0.1) is 11.8 Å². The van der Waals surface area contributed by atoms with Crippen molar-refractivity contribution in [1.82, 2.24) is 0 Å². The van der Waals surface area contributed by atoms with Gasteiger partial charge in [-0.1, -0.05) is 32.4 Å². The summed E-state index contributed by atoms with van der Waals surface area (Å²) in [7, 11) is 0. The van der Waals surface area contributed by atoms with E-state index in [0.717, 1.165) is 9.90 Å². The Balaban J connectivity index is 2.73. The van der Waals surface area contributed by atoms with Crippen LogP contribution in [0.25, 0.3) is 0 Å². The molecule has 1 aromatic rings. The van der Waals surface area contributed by atoms with Crippen LogP contribution in [-0.4, -0.2) is 5.11 Å². The Bertz CT molecular complexity index is 270. The summed E-state index contributed by atoms with van der Waals surface area (Å²) in [5.74, 6) is 0.755. The van der Waals surface area contributed by atoms with E-state index in [2.05, 4.69) is 20.8 Å². The quantitative estimate of drug-likeness (QED) is 0.820. The molecular formula is C10H15ClOS. The Morgan fingerprint density at radius 1 is 1.38 bits per heavy atom. The van der Waals surface area contributed by atoms with Crippen LogP contribution in [0.2, 0.25) is 5.02 Å². The van der Waals surface area contributed by atoms with E-state index in [0.29, 0.717) is 5.92 Å². The van der Waals surface area contributed by atoms with Gasteiger partial charge < -0.3 is 5.11 Å². The summed E-state index contributed by atoms with van der Waals surface area (Å²) in [6.07, 6.45) is -0.377. The summed E-state index contributed by atoms with van der Waals surface area (Å²) in [6, 6.07) is 1.84. The van der Waals surface area contributed by atoms with E-state index in [1.54, 1.807) is 0 Å². The molecule has 0 saturated heterocycles. The van der Waals surface area contributed by atoms with Crippen molar-refractivity contribution < 1.29 is 5.11 Å². The van der Waals surface area contributed by atoms with E-state index >= 15 is 0 Å². The van der Waals surface area contributed by atoms with E-state index in [4.69, 9.17) is 11.6 Å². The van der Waals surface area contributed by atoms with Crippen molar-refractivity contribution in [1.29, 1.82) is 0 Å². The Morgan fingerprint density at radius 2 is 2.00 bits per heavy atom. The number of thiophene rings is 1. The Morgan fingerprint density at radius 3 is 2.38 bits per heavy atom. The van der Waals surface area contributed by atoms with Gasteiger partial charge in [-0.3, -0.25) is 0 Å². The Hall–Kier alpha value is -0.0500. The number of hydrogen-bond acceptors (Lipinski definition) is 2. The van der Waals surface area contributed by atoms with Gasteiger partial charge in [-0.25, -0.2) is 0 Å². The molecule has 1 rings (SSSR count). The van der Waals surface area contributed by atoms with Crippen molar-refractivity contribution in [2.45, 2.75) is 26.9 Å². The zero-order chi connectivity index (χ0) is 10.0. The maximum atomic E-state index is 9.92. The van der Waals surface area contributed by atoms with Crippen LogP contribution in [0.4, 0.5) is 0 Å². The van der Waals surface area contributed by atoms with Gasteiger partial charge in [0.25, 0.3) is 0 Å². The minimum Gasteiger partial charge on any atom is -0.387 e. The average Bonchev–Trinajstić information content (AvgIpc) is 2.49. The van der Waals surface area contributed by atoms with Gasteiger partial charge >= 0.3 is 0 Å². The fourth-order valence-corrected chi connectivity index (χ4v) is 2.29. The van der Waals surface area contributed by atoms with Crippen LogP contribution in [0.3, 0.4) is 0 Å². The monoisotopic (exact) mass is 218 g/mol. The predicted molar refractivity (Wildman–Crippen MR) is 58.3 cm³/mol. The molecule has 0 radical (unpaired) electrons. The van der Waals surface area contributed by atoms with Crippen LogP contribution in [0.5, 0.6) is 0 Å². The molecule has 0 bridgehead atoms. The topological polar surface area (TPSA) is 20.2 Å². The van der Waals surface area contributed by atoms with Crippen molar-refractivity contribution in [3.05, 3.63) is 21.3 Å². The maximum Gasteiger partial charge on any atom is 0.0910 e. The molecule has 1 nitrogen and oxygen atoms in total. The van der Waals surface area contributed by atoms with Crippen molar-refractivity contribution in [3.8, 4) is 0 Å². The maximum absolute atomic E-state index is 9.92. The number of rotatable bonds is 3. The molecule has 74 valence electrons. The number of halogens is 1. The van der Waals surface area contributed by atoms with E-state index in [1.165, 1.54) is 11.3 Å². The largest absolute Gasteiger partial charge is 0.387 e. The molecular weight excluding hydrogens is 204 g/mol. The minimum absolute atomic E-state index is 0.273. The van der Waals surface area contributed by atoms with Crippen molar-refractivity contribution >= 4 is 22.9 Å². The van der Waals surface area contributed by atoms with E-state index in [-0.39, 0.29) is 12.0 Å². The lowest BCUT2D eigenvalue weighted by atomic mass is 9.91. The molecule has 0 fully saturated rings. The van der Waals surface area contributed by atoms with Crippen LogP contribution in [-0.2, 0) is 0 Å². The molecule has 0 aromatic carbocycles. The second kappa shape index (κ2) is 4.45. The number of aliphatic hydroxyl groups is 1. The van der Waals surface area contributed by atoms with Gasteiger partial charge in [0.05, 0.1) is 11.1 Å². The van der Waals surface area contributed by atoms with Crippen LogP contribution >= 0.6 is 22.9 Å². The van der Waals surface area contributed by atoms with Crippen LogP contribution in [0.1, 0.15) is 31.8 Å². The average molecular weight is 219 g/mol. The Kier molecular flexibility index (Phi) is 3.77. The first kappa shape index (κ1) is 11.0. The first-order chi connectivity index (χ1) is 6.02. The van der Waals surface area contributed by atoms with Crippen molar-refractivity contribution in [3.63, 3.8) is 0 Å². The third-order valence-corrected chi connectivity index (χ3v) is 3.78. The fourth-order valence-electron chi connectivity index (χ4n) is 1.11. The molecule has 2 unspecified atom stereocenters.